The fourth-order valence-corrected chi connectivity index (χ4v) is 1.31. The quantitative estimate of drug-likeness (QED) is 0.813. The number of nitrogens with two attached hydrogens (primary N) is 1. The number of benzene rings is 1. The zero-order valence-corrected chi connectivity index (χ0v) is 10.8. The van der Waals surface area contributed by atoms with E-state index in [1.165, 1.54) is 0 Å². The second kappa shape index (κ2) is 7.94. The Hall–Kier alpha value is -0.280. The van der Waals surface area contributed by atoms with Crippen LogP contribution in [0, 0.1) is 5.41 Å². The van der Waals surface area contributed by atoms with Gasteiger partial charge >= 0.3 is 0 Å². The molecule has 0 aliphatic rings. The summed E-state index contributed by atoms with van der Waals surface area (Å²) in [6, 6.07) is 7.31. The number of rotatable bonds is 3. The van der Waals surface area contributed by atoms with Gasteiger partial charge in [0.15, 0.2) is 0 Å². The normalized spacial score (nSPS) is 10.9. The molecule has 86 valence electrons. The van der Waals surface area contributed by atoms with Crippen molar-refractivity contribution in [2.75, 3.05) is 0 Å². The Morgan fingerprint density at radius 2 is 2.07 bits per heavy atom. The first-order valence-corrected chi connectivity index (χ1v) is 4.56. The maximum absolute atomic E-state index is 7.72. The van der Waals surface area contributed by atoms with Gasteiger partial charge in [-0.2, -0.15) is 0 Å². The summed E-state index contributed by atoms with van der Waals surface area (Å²) in [4.78, 5) is 0. The maximum atomic E-state index is 7.72. The van der Waals surface area contributed by atoms with Gasteiger partial charge in [0.05, 0.1) is 0 Å². The highest BCUT2D eigenvalue weighted by molar-refractivity contribution is 6.31. The van der Waals surface area contributed by atoms with Crippen molar-refractivity contribution in [3.05, 3.63) is 34.9 Å². The number of hydrogen-bond donors (Lipinski definition) is 2. The third kappa shape index (κ3) is 6.00. The van der Waals surface area contributed by atoms with Crippen LogP contribution in [-0.2, 0) is 0 Å². The van der Waals surface area contributed by atoms with E-state index in [2.05, 4.69) is 0 Å². The number of halogens is 3. The molecular formula is C10H15Cl3N2. The lowest BCUT2D eigenvalue weighted by molar-refractivity contribution is 0.777. The summed E-state index contributed by atoms with van der Waals surface area (Å²) >= 11 is 5.80. The Morgan fingerprint density at radius 1 is 1.47 bits per heavy atom. The molecule has 0 amide bonds. The van der Waals surface area contributed by atoms with Crippen molar-refractivity contribution in [1.29, 1.82) is 5.41 Å². The molecule has 0 heterocycles. The molecule has 0 saturated heterocycles. The zero-order valence-electron chi connectivity index (χ0n) is 8.37. The van der Waals surface area contributed by atoms with E-state index in [-0.39, 0.29) is 30.9 Å². The monoisotopic (exact) mass is 268 g/mol. The van der Waals surface area contributed by atoms with E-state index in [9.17, 15) is 0 Å². The van der Waals surface area contributed by atoms with Crippen molar-refractivity contribution in [2.45, 2.75) is 19.4 Å². The molecule has 1 atom stereocenters. The standard InChI is InChI=1S/C10H13ClN2.2ClH/c1-7(12)5-10(13)8-3-2-4-9(11)6-8;;/h2-4,6-7,13H,5,12H2,1H3;2*1H. The Kier molecular flexibility index (Phi) is 9.07. The van der Waals surface area contributed by atoms with Crippen LogP contribution in [0.3, 0.4) is 0 Å². The van der Waals surface area contributed by atoms with E-state index in [0.29, 0.717) is 17.2 Å². The minimum atomic E-state index is 0. The van der Waals surface area contributed by atoms with Gasteiger partial charge in [0.25, 0.3) is 0 Å². The molecular weight excluding hydrogens is 254 g/mol. The van der Waals surface area contributed by atoms with Crippen molar-refractivity contribution >= 4 is 42.1 Å². The molecule has 0 aliphatic heterocycles. The van der Waals surface area contributed by atoms with Crippen LogP contribution in [0.25, 0.3) is 0 Å². The first-order chi connectivity index (χ1) is 6.09. The molecule has 0 saturated carbocycles. The summed E-state index contributed by atoms with van der Waals surface area (Å²) in [5.74, 6) is 0. The van der Waals surface area contributed by atoms with Gasteiger partial charge in [-0.15, -0.1) is 24.8 Å². The average Bonchev–Trinajstić information content (AvgIpc) is 2.03. The van der Waals surface area contributed by atoms with Crippen LogP contribution in [0.2, 0.25) is 5.02 Å². The molecule has 0 spiro atoms. The fourth-order valence-electron chi connectivity index (χ4n) is 1.12. The van der Waals surface area contributed by atoms with Gasteiger partial charge in [0.2, 0.25) is 0 Å². The molecule has 0 aliphatic carbocycles. The first kappa shape index (κ1) is 17.1. The van der Waals surface area contributed by atoms with Crippen LogP contribution in [0.5, 0.6) is 0 Å². The molecule has 2 nitrogen and oxygen atoms in total. The highest BCUT2D eigenvalue weighted by Crippen LogP contribution is 2.12. The summed E-state index contributed by atoms with van der Waals surface area (Å²) < 4.78 is 0. The molecule has 0 fully saturated rings. The second-order valence-corrected chi connectivity index (χ2v) is 3.61. The molecule has 1 rings (SSSR count). The summed E-state index contributed by atoms with van der Waals surface area (Å²) in [5.41, 5.74) is 6.99. The van der Waals surface area contributed by atoms with Crippen molar-refractivity contribution in [3.63, 3.8) is 0 Å². The van der Waals surface area contributed by atoms with E-state index in [1.54, 1.807) is 12.1 Å². The van der Waals surface area contributed by atoms with Crippen LogP contribution in [0.4, 0.5) is 0 Å². The third-order valence-electron chi connectivity index (χ3n) is 1.70. The highest BCUT2D eigenvalue weighted by atomic mass is 35.5. The van der Waals surface area contributed by atoms with Gasteiger partial charge in [0.1, 0.15) is 0 Å². The molecule has 15 heavy (non-hydrogen) atoms. The van der Waals surface area contributed by atoms with Gasteiger partial charge in [-0.25, -0.2) is 0 Å². The van der Waals surface area contributed by atoms with E-state index < -0.39 is 0 Å². The van der Waals surface area contributed by atoms with Gasteiger partial charge in [-0.1, -0.05) is 23.7 Å². The van der Waals surface area contributed by atoms with E-state index >= 15 is 0 Å². The summed E-state index contributed by atoms with van der Waals surface area (Å²) in [5, 5.41) is 8.38. The molecule has 3 N–H and O–H groups in total. The SMILES string of the molecule is CC(N)CC(=N)c1cccc(Cl)c1.Cl.Cl. The fraction of sp³-hybridized carbons (Fsp3) is 0.300. The molecule has 1 aromatic rings. The summed E-state index contributed by atoms with van der Waals surface area (Å²) in [6.07, 6.45) is 0.584. The molecule has 1 unspecified atom stereocenters. The van der Waals surface area contributed by atoms with Crippen molar-refractivity contribution in [1.82, 2.24) is 0 Å². The van der Waals surface area contributed by atoms with Crippen LogP contribution in [-0.4, -0.2) is 11.8 Å². The van der Waals surface area contributed by atoms with Crippen LogP contribution in [0.15, 0.2) is 24.3 Å². The Labute approximate surface area is 108 Å². The van der Waals surface area contributed by atoms with E-state index in [4.69, 9.17) is 22.7 Å². The van der Waals surface area contributed by atoms with Gasteiger partial charge < -0.3 is 11.1 Å². The molecule has 0 radical (unpaired) electrons. The smallest absolute Gasteiger partial charge is 0.0412 e. The molecule has 0 bridgehead atoms. The minimum absolute atomic E-state index is 0. The summed E-state index contributed by atoms with van der Waals surface area (Å²) in [7, 11) is 0. The van der Waals surface area contributed by atoms with Crippen molar-refractivity contribution < 1.29 is 0 Å². The average molecular weight is 270 g/mol. The first-order valence-electron chi connectivity index (χ1n) is 4.18. The second-order valence-electron chi connectivity index (χ2n) is 3.17. The lowest BCUT2D eigenvalue weighted by Gasteiger charge is -2.06. The van der Waals surface area contributed by atoms with E-state index in [1.807, 2.05) is 19.1 Å². The van der Waals surface area contributed by atoms with Crippen molar-refractivity contribution in [2.24, 2.45) is 5.73 Å². The third-order valence-corrected chi connectivity index (χ3v) is 1.93. The van der Waals surface area contributed by atoms with Crippen molar-refractivity contribution in [3.8, 4) is 0 Å². The van der Waals surface area contributed by atoms with Gasteiger partial charge in [-0.05, 0) is 24.6 Å². The summed E-state index contributed by atoms with van der Waals surface area (Å²) in [6.45, 7) is 1.89. The lowest BCUT2D eigenvalue weighted by Crippen LogP contribution is -2.19. The highest BCUT2D eigenvalue weighted by Gasteiger charge is 2.04. The lowest BCUT2D eigenvalue weighted by atomic mass is 10.0. The Morgan fingerprint density at radius 3 is 2.53 bits per heavy atom. The van der Waals surface area contributed by atoms with Gasteiger partial charge in [0, 0.05) is 23.2 Å². The zero-order chi connectivity index (χ0) is 9.84. The molecule has 5 heteroatoms. The minimum Gasteiger partial charge on any atom is -0.328 e. The Bertz CT molecular complexity index is 313. The number of nitrogens with one attached hydrogen (secondary N) is 1. The molecule has 0 aromatic heterocycles. The van der Waals surface area contributed by atoms with Crippen LogP contribution < -0.4 is 5.73 Å². The number of hydrogen-bond acceptors (Lipinski definition) is 2. The molecule has 1 aromatic carbocycles. The maximum Gasteiger partial charge on any atom is 0.0412 e. The Balaban J connectivity index is 0. The van der Waals surface area contributed by atoms with Crippen LogP contribution >= 0.6 is 36.4 Å². The largest absolute Gasteiger partial charge is 0.328 e. The topological polar surface area (TPSA) is 49.9 Å². The predicted molar refractivity (Wildman–Crippen MR) is 71.0 cm³/mol. The van der Waals surface area contributed by atoms with Crippen LogP contribution in [0.1, 0.15) is 18.9 Å². The van der Waals surface area contributed by atoms with E-state index in [0.717, 1.165) is 5.56 Å². The van der Waals surface area contributed by atoms with Gasteiger partial charge in [-0.3, -0.25) is 0 Å². The predicted octanol–water partition coefficient (Wildman–Crippen LogP) is 3.29.